The van der Waals surface area contributed by atoms with Crippen molar-refractivity contribution in [1.29, 1.82) is 0 Å². The highest BCUT2D eigenvalue weighted by molar-refractivity contribution is 7.09. The van der Waals surface area contributed by atoms with Crippen LogP contribution in [0.2, 0.25) is 0 Å². The number of nitrogens with zero attached hydrogens (tertiary/aromatic N) is 2. The first-order valence-corrected chi connectivity index (χ1v) is 7.46. The number of carbonyl (C=O) groups is 1. The van der Waals surface area contributed by atoms with Crippen molar-refractivity contribution in [2.45, 2.75) is 25.9 Å². The van der Waals surface area contributed by atoms with E-state index in [9.17, 15) is 4.79 Å². The van der Waals surface area contributed by atoms with E-state index in [0.29, 0.717) is 12.8 Å². The van der Waals surface area contributed by atoms with Crippen molar-refractivity contribution < 1.29 is 14.3 Å². The third-order valence-electron chi connectivity index (χ3n) is 3.26. The van der Waals surface area contributed by atoms with Crippen LogP contribution in [0.1, 0.15) is 30.2 Å². The van der Waals surface area contributed by atoms with Gasteiger partial charge in [0.15, 0.2) is 0 Å². The van der Waals surface area contributed by atoms with Crippen LogP contribution < -0.4 is 0 Å². The Balaban J connectivity index is 1.91. The van der Waals surface area contributed by atoms with Gasteiger partial charge in [0.25, 0.3) is 0 Å². The number of thiazole rings is 1. The molecule has 0 bridgehead atoms. The lowest BCUT2D eigenvalue weighted by atomic mass is 10.2. The number of hydrogen-bond acceptors (Lipinski definition) is 6. The summed E-state index contributed by atoms with van der Waals surface area (Å²) >= 11 is 1.61. The highest BCUT2D eigenvalue weighted by Crippen LogP contribution is 2.25. The van der Waals surface area contributed by atoms with E-state index in [2.05, 4.69) is 21.5 Å². The van der Waals surface area contributed by atoms with Gasteiger partial charge in [0, 0.05) is 24.9 Å². The molecular weight excluding hydrogens is 264 g/mol. The molecule has 1 aromatic heterocycles. The van der Waals surface area contributed by atoms with Gasteiger partial charge in [0.1, 0.15) is 11.1 Å². The van der Waals surface area contributed by atoms with Gasteiger partial charge in [-0.25, -0.2) is 4.98 Å². The van der Waals surface area contributed by atoms with Gasteiger partial charge in [-0.05, 0) is 6.54 Å². The van der Waals surface area contributed by atoms with E-state index in [0.717, 1.165) is 36.9 Å². The summed E-state index contributed by atoms with van der Waals surface area (Å²) in [7, 11) is 1.41. The molecule has 19 heavy (non-hydrogen) atoms. The lowest BCUT2D eigenvalue weighted by Gasteiger charge is -2.30. The number of aromatic nitrogens is 1. The SMILES string of the molecule is CCN1CCOC(c2nc(CCC(=O)OC)cs2)C1. The van der Waals surface area contributed by atoms with Crippen molar-refractivity contribution in [1.82, 2.24) is 9.88 Å². The van der Waals surface area contributed by atoms with E-state index >= 15 is 0 Å². The Morgan fingerprint density at radius 1 is 1.68 bits per heavy atom. The number of rotatable bonds is 5. The van der Waals surface area contributed by atoms with E-state index < -0.39 is 0 Å². The number of hydrogen-bond donors (Lipinski definition) is 0. The average Bonchev–Trinajstić information content (AvgIpc) is 2.93. The van der Waals surface area contributed by atoms with Crippen LogP contribution in [0.15, 0.2) is 5.38 Å². The minimum absolute atomic E-state index is 0.0746. The average molecular weight is 284 g/mol. The predicted octanol–water partition coefficient (Wildman–Crippen LogP) is 1.64. The Kier molecular flexibility index (Phi) is 5.30. The molecule has 1 aromatic rings. The third kappa shape index (κ3) is 3.99. The van der Waals surface area contributed by atoms with Crippen molar-refractivity contribution in [3.8, 4) is 0 Å². The van der Waals surface area contributed by atoms with E-state index in [-0.39, 0.29) is 12.1 Å². The van der Waals surface area contributed by atoms with Gasteiger partial charge in [-0.15, -0.1) is 11.3 Å². The highest BCUT2D eigenvalue weighted by Gasteiger charge is 2.23. The van der Waals surface area contributed by atoms with Gasteiger partial charge in [0.05, 0.1) is 25.8 Å². The molecule has 5 nitrogen and oxygen atoms in total. The molecule has 6 heteroatoms. The minimum Gasteiger partial charge on any atom is -0.469 e. The molecule has 0 amide bonds. The smallest absolute Gasteiger partial charge is 0.305 e. The number of methoxy groups -OCH3 is 1. The molecule has 0 N–H and O–H groups in total. The van der Waals surface area contributed by atoms with E-state index in [4.69, 9.17) is 4.74 Å². The Morgan fingerprint density at radius 2 is 2.53 bits per heavy atom. The summed E-state index contributed by atoms with van der Waals surface area (Å²) in [5.74, 6) is -0.194. The molecule has 0 saturated carbocycles. The fourth-order valence-corrected chi connectivity index (χ4v) is 2.95. The Hall–Kier alpha value is -0.980. The summed E-state index contributed by atoms with van der Waals surface area (Å²) in [6.45, 7) is 5.86. The molecule has 106 valence electrons. The van der Waals surface area contributed by atoms with E-state index in [1.807, 2.05) is 5.38 Å². The number of esters is 1. The van der Waals surface area contributed by atoms with Gasteiger partial charge >= 0.3 is 5.97 Å². The van der Waals surface area contributed by atoms with Crippen LogP contribution in [0.3, 0.4) is 0 Å². The highest BCUT2D eigenvalue weighted by atomic mass is 32.1. The normalized spacial score (nSPS) is 20.4. The zero-order chi connectivity index (χ0) is 13.7. The molecule has 0 aromatic carbocycles. The van der Waals surface area contributed by atoms with Crippen molar-refractivity contribution in [2.24, 2.45) is 0 Å². The molecule has 1 unspecified atom stereocenters. The maximum Gasteiger partial charge on any atom is 0.305 e. The minimum atomic E-state index is -0.194. The van der Waals surface area contributed by atoms with Crippen LogP contribution in [-0.4, -0.2) is 49.2 Å². The second kappa shape index (κ2) is 6.98. The summed E-state index contributed by atoms with van der Waals surface area (Å²) < 4.78 is 10.4. The van der Waals surface area contributed by atoms with Crippen molar-refractivity contribution in [3.63, 3.8) is 0 Å². The van der Waals surface area contributed by atoms with Gasteiger partial charge in [0.2, 0.25) is 0 Å². The Labute approximate surface area is 117 Å². The molecule has 1 aliphatic heterocycles. The van der Waals surface area contributed by atoms with E-state index in [1.54, 1.807) is 11.3 Å². The number of ether oxygens (including phenoxy) is 2. The summed E-state index contributed by atoms with van der Waals surface area (Å²) in [6.07, 6.45) is 1.09. The second-order valence-electron chi connectivity index (χ2n) is 4.51. The monoisotopic (exact) mass is 284 g/mol. The van der Waals surface area contributed by atoms with Crippen LogP contribution in [0.25, 0.3) is 0 Å². The van der Waals surface area contributed by atoms with Gasteiger partial charge < -0.3 is 9.47 Å². The topological polar surface area (TPSA) is 51.7 Å². The summed E-state index contributed by atoms with van der Waals surface area (Å²) in [5, 5.41) is 3.02. The van der Waals surface area contributed by atoms with Crippen LogP contribution in [0, 0.1) is 0 Å². The lowest BCUT2D eigenvalue weighted by molar-refractivity contribution is -0.140. The molecule has 1 saturated heterocycles. The van der Waals surface area contributed by atoms with E-state index in [1.165, 1.54) is 7.11 Å². The zero-order valence-electron chi connectivity index (χ0n) is 11.4. The quantitative estimate of drug-likeness (QED) is 0.769. The number of likely N-dealkylation sites (N-methyl/N-ethyl adjacent to an activating group) is 1. The first kappa shape index (κ1) is 14.4. The Morgan fingerprint density at radius 3 is 3.26 bits per heavy atom. The molecule has 2 rings (SSSR count). The molecular formula is C13H20N2O3S. The first-order valence-electron chi connectivity index (χ1n) is 6.58. The van der Waals surface area contributed by atoms with Gasteiger partial charge in [-0.1, -0.05) is 6.92 Å². The van der Waals surface area contributed by atoms with Crippen LogP contribution >= 0.6 is 11.3 Å². The largest absolute Gasteiger partial charge is 0.469 e. The second-order valence-corrected chi connectivity index (χ2v) is 5.40. The lowest BCUT2D eigenvalue weighted by Crippen LogP contribution is -2.38. The number of carbonyl (C=O) groups excluding carboxylic acids is 1. The number of morpholine rings is 1. The summed E-state index contributed by atoms with van der Waals surface area (Å²) in [5.41, 5.74) is 0.947. The summed E-state index contributed by atoms with van der Waals surface area (Å²) in [6, 6.07) is 0. The number of aryl methyl sites for hydroxylation is 1. The zero-order valence-corrected chi connectivity index (χ0v) is 12.2. The van der Waals surface area contributed by atoms with Gasteiger partial charge in [-0.2, -0.15) is 0 Å². The molecule has 0 aliphatic carbocycles. The van der Waals surface area contributed by atoms with Crippen LogP contribution in [0.5, 0.6) is 0 Å². The van der Waals surface area contributed by atoms with Crippen LogP contribution in [-0.2, 0) is 20.7 Å². The molecule has 1 aliphatic rings. The standard InChI is InChI=1S/C13H20N2O3S/c1-3-15-6-7-18-11(8-15)13-14-10(9-19-13)4-5-12(16)17-2/h9,11H,3-8H2,1-2H3. The maximum atomic E-state index is 11.1. The van der Waals surface area contributed by atoms with Crippen molar-refractivity contribution >= 4 is 17.3 Å². The fraction of sp³-hybridized carbons (Fsp3) is 0.692. The summed E-state index contributed by atoms with van der Waals surface area (Å²) in [4.78, 5) is 18.0. The Bertz CT molecular complexity index is 422. The van der Waals surface area contributed by atoms with Crippen molar-refractivity contribution in [3.05, 3.63) is 16.1 Å². The third-order valence-corrected chi connectivity index (χ3v) is 4.24. The van der Waals surface area contributed by atoms with Crippen molar-refractivity contribution in [2.75, 3.05) is 33.4 Å². The molecule has 1 atom stereocenters. The first-order chi connectivity index (χ1) is 9.22. The molecule has 1 fully saturated rings. The van der Waals surface area contributed by atoms with Gasteiger partial charge in [-0.3, -0.25) is 9.69 Å². The molecule has 0 radical (unpaired) electrons. The predicted molar refractivity (Wildman–Crippen MR) is 73.3 cm³/mol. The van der Waals surface area contributed by atoms with Crippen LogP contribution in [0.4, 0.5) is 0 Å². The maximum absolute atomic E-state index is 11.1. The molecule has 0 spiro atoms. The fourth-order valence-electron chi connectivity index (χ4n) is 2.06. The molecule has 2 heterocycles.